The average molecular weight is 325 g/mol. The summed E-state index contributed by atoms with van der Waals surface area (Å²) in [5.74, 6) is 0. The predicted molar refractivity (Wildman–Crippen MR) is 86.1 cm³/mol. The molecule has 0 aromatic carbocycles. The minimum absolute atomic E-state index is 0.333. The second-order valence-electron chi connectivity index (χ2n) is 4.63. The van der Waals surface area contributed by atoms with Crippen LogP contribution >= 0.6 is 11.3 Å². The number of rotatable bonds is 7. The number of nitrogens with zero attached hydrogens (tertiary/aromatic N) is 1. The number of aromatic nitrogens is 1. The summed E-state index contributed by atoms with van der Waals surface area (Å²) in [4.78, 5) is 5.24. The molecular formula is C14H19N3O2S2. The topological polar surface area (TPSA) is 71.1 Å². The molecule has 2 heterocycles. The number of thiophene rings is 1. The summed E-state index contributed by atoms with van der Waals surface area (Å²) in [6.07, 6.45) is 2.65. The van der Waals surface area contributed by atoms with Crippen LogP contribution in [0.1, 0.15) is 23.9 Å². The van der Waals surface area contributed by atoms with Crippen LogP contribution in [-0.4, -0.2) is 19.9 Å². The van der Waals surface area contributed by atoms with E-state index in [2.05, 4.69) is 21.9 Å². The zero-order chi connectivity index (χ0) is 15.3. The normalized spacial score (nSPS) is 11.5. The van der Waals surface area contributed by atoms with Crippen molar-refractivity contribution in [1.29, 1.82) is 0 Å². The monoisotopic (exact) mass is 325 g/mol. The highest BCUT2D eigenvalue weighted by atomic mass is 32.2. The Morgan fingerprint density at radius 3 is 2.86 bits per heavy atom. The van der Waals surface area contributed by atoms with Crippen LogP contribution in [0.4, 0.5) is 5.69 Å². The first-order valence-corrected chi connectivity index (χ1v) is 9.12. The Morgan fingerprint density at radius 2 is 2.14 bits per heavy atom. The lowest BCUT2D eigenvalue weighted by molar-refractivity contribution is 0.599. The fraction of sp³-hybridized carbons (Fsp3) is 0.357. The van der Waals surface area contributed by atoms with Gasteiger partial charge in [0.25, 0.3) is 10.0 Å². The summed E-state index contributed by atoms with van der Waals surface area (Å²) < 4.78 is 27.6. The summed E-state index contributed by atoms with van der Waals surface area (Å²) in [5, 5.41) is 5.03. The van der Waals surface area contributed by atoms with Gasteiger partial charge >= 0.3 is 0 Å². The number of sulfonamides is 1. The smallest absolute Gasteiger partial charge is 0.263 e. The SMILES string of the molecule is CCCNCc1sccc1S(=O)(=O)Nc1cccnc1C. The Bertz CT molecular complexity index is 696. The molecule has 0 spiro atoms. The van der Waals surface area contributed by atoms with Gasteiger partial charge in [-0.1, -0.05) is 6.92 Å². The molecule has 7 heteroatoms. The lowest BCUT2D eigenvalue weighted by atomic mass is 10.3. The van der Waals surface area contributed by atoms with Crippen LogP contribution in [0.3, 0.4) is 0 Å². The highest BCUT2D eigenvalue weighted by Gasteiger charge is 2.20. The van der Waals surface area contributed by atoms with Gasteiger partial charge in [-0.3, -0.25) is 9.71 Å². The number of pyridine rings is 1. The van der Waals surface area contributed by atoms with E-state index >= 15 is 0 Å². The molecule has 0 saturated heterocycles. The summed E-state index contributed by atoms with van der Waals surface area (Å²) in [6, 6.07) is 5.06. The van der Waals surface area contributed by atoms with Crippen molar-refractivity contribution in [2.75, 3.05) is 11.3 Å². The first kappa shape index (κ1) is 15.9. The minimum atomic E-state index is -3.58. The van der Waals surface area contributed by atoms with Crippen LogP contribution in [0, 0.1) is 6.92 Å². The lowest BCUT2D eigenvalue weighted by Crippen LogP contribution is -2.18. The fourth-order valence-electron chi connectivity index (χ4n) is 1.87. The highest BCUT2D eigenvalue weighted by Crippen LogP contribution is 2.25. The molecule has 0 saturated carbocycles. The number of hydrogen-bond acceptors (Lipinski definition) is 5. The molecule has 0 bridgehead atoms. The van der Waals surface area contributed by atoms with E-state index in [9.17, 15) is 8.42 Å². The Kier molecular flexibility index (Phi) is 5.33. The van der Waals surface area contributed by atoms with E-state index in [-0.39, 0.29) is 0 Å². The van der Waals surface area contributed by atoms with Crippen molar-refractivity contribution in [1.82, 2.24) is 10.3 Å². The number of nitrogens with one attached hydrogen (secondary N) is 2. The first-order chi connectivity index (χ1) is 10.0. The second-order valence-corrected chi connectivity index (χ2v) is 7.28. The predicted octanol–water partition coefficient (Wildman–Crippen LogP) is 2.75. The van der Waals surface area contributed by atoms with Gasteiger partial charge in [0.1, 0.15) is 4.90 Å². The van der Waals surface area contributed by atoms with Crippen molar-refractivity contribution < 1.29 is 8.42 Å². The zero-order valence-electron chi connectivity index (χ0n) is 12.1. The van der Waals surface area contributed by atoms with Crippen molar-refractivity contribution in [3.8, 4) is 0 Å². The molecule has 0 radical (unpaired) electrons. The lowest BCUT2D eigenvalue weighted by Gasteiger charge is -2.10. The summed E-state index contributed by atoms with van der Waals surface area (Å²) >= 11 is 1.44. The third-order valence-corrected chi connectivity index (χ3v) is 5.46. The van der Waals surface area contributed by atoms with Gasteiger partial charge in [-0.25, -0.2) is 8.42 Å². The molecule has 0 fully saturated rings. The molecule has 0 unspecified atom stereocenters. The molecular weight excluding hydrogens is 306 g/mol. The van der Waals surface area contributed by atoms with E-state index < -0.39 is 10.0 Å². The van der Waals surface area contributed by atoms with Crippen LogP contribution < -0.4 is 10.0 Å². The highest BCUT2D eigenvalue weighted by molar-refractivity contribution is 7.93. The molecule has 0 aliphatic carbocycles. The van der Waals surface area contributed by atoms with Crippen molar-refractivity contribution >= 4 is 27.0 Å². The van der Waals surface area contributed by atoms with Crippen LogP contribution in [0.5, 0.6) is 0 Å². The molecule has 0 aliphatic heterocycles. The van der Waals surface area contributed by atoms with Gasteiger partial charge in [-0.2, -0.15) is 0 Å². The Balaban J connectivity index is 2.20. The van der Waals surface area contributed by atoms with Crippen LogP contribution in [0.25, 0.3) is 0 Å². The van der Waals surface area contributed by atoms with Crippen LogP contribution in [0.2, 0.25) is 0 Å². The molecule has 2 N–H and O–H groups in total. The second kappa shape index (κ2) is 7.02. The van der Waals surface area contributed by atoms with Gasteiger partial charge in [0.15, 0.2) is 0 Å². The largest absolute Gasteiger partial charge is 0.312 e. The van der Waals surface area contributed by atoms with Gasteiger partial charge in [0.05, 0.1) is 11.4 Å². The maximum atomic E-state index is 12.5. The number of anilines is 1. The summed E-state index contributed by atoms with van der Waals surface area (Å²) in [5.41, 5.74) is 1.16. The van der Waals surface area contributed by atoms with E-state index in [0.717, 1.165) is 17.8 Å². The molecule has 0 atom stereocenters. The quantitative estimate of drug-likeness (QED) is 0.768. The van der Waals surface area contributed by atoms with E-state index in [1.165, 1.54) is 11.3 Å². The third-order valence-electron chi connectivity index (χ3n) is 2.96. The molecule has 0 aliphatic rings. The van der Waals surface area contributed by atoms with E-state index in [4.69, 9.17) is 0 Å². The van der Waals surface area contributed by atoms with E-state index in [1.807, 2.05) is 0 Å². The van der Waals surface area contributed by atoms with Crippen molar-refractivity contribution in [2.45, 2.75) is 31.7 Å². The van der Waals surface area contributed by atoms with Crippen molar-refractivity contribution in [3.63, 3.8) is 0 Å². The first-order valence-electron chi connectivity index (χ1n) is 6.76. The maximum absolute atomic E-state index is 12.5. The molecule has 2 aromatic heterocycles. The average Bonchev–Trinajstić information content (AvgIpc) is 2.91. The van der Waals surface area contributed by atoms with Gasteiger partial charge in [0.2, 0.25) is 0 Å². The molecule has 2 rings (SSSR count). The van der Waals surface area contributed by atoms with Crippen molar-refractivity contribution in [3.05, 3.63) is 40.3 Å². The molecule has 5 nitrogen and oxygen atoms in total. The van der Waals surface area contributed by atoms with Crippen LogP contribution in [0.15, 0.2) is 34.7 Å². The number of hydrogen-bond donors (Lipinski definition) is 2. The molecule has 0 amide bonds. The Hall–Kier alpha value is -1.44. The summed E-state index contributed by atoms with van der Waals surface area (Å²) in [7, 11) is -3.58. The van der Waals surface area contributed by atoms with Crippen molar-refractivity contribution in [2.24, 2.45) is 0 Å². The third kappa shape index (κ3) is 4.03. The molecule has 2 aromatic rings. The molecule has 21 heavy (non-hydrogen) atoms. The van der Waals surface area contributed by atoms with Gasteiger partial charge in [-0.05, 0) is 43.5 Å². The Morgan fingerprint density at radius 1 is 1.33 bits per heavy atom. The summed E-state index contributed by atoms with van der Waals surface area (Å²) in [6.45, 7) is 5.28. The molecule has 114 valence electrons. The van der Waals surface area contributed by atoms with Gasteiger partial charge in [0, 0.05) is 17.6 Å². The fourth-order valence-corrected chi connectivity index (χ4v) is 4.40. The number of aryl methyl sites for hydroxylation is 1. The minimum Gasteiger partial charge on any atom is -0.312 e. The maximum Gasteiger partial charge on any atom is 0.263 e. The van der Waals surface area contributed by atoms with Gasteiger partial charge < -0.3 is 5.32 Å². The van der Waals surface area contributed by atoms with Crippen LogP contribution in [-0.2, 0) is 16.6 Å². The standard InChI is InChI=1S/C14H19N3O2S2/c1-3-7-15-10-13-14(6-9-20-13)21(18,19)17-12-5-4-8-16-11(12)2/h4-6,8-9,15,17H,3,7,10H2,1-2H3. The van der Waals surface area contributed by atoms with E-state index in [0.29, 0.717) is 22.8 Å². The van der Waals surface area contributed by atoms with E-state index in [1.54, 1.807) is 36.7 Å². The van der Waals surface area contributed by atoms with Gasteiger partial charge in [-0.15, -0.1) is 11.3 Å². The zero-order valence-corrected chi connectivity index (χ0v) is 13.7. The Labute approximate surface area is 129 Å².